The van der Waals surface area contributed by atoms with Gasteiger partial charge >= 0.3 is 0 Å². The van der Waals surface area contributed by atoms with Crippen molar-refractivity contribution in [3.8, 4) is 0 Å². The Morgan fingerprint density at radius 3 is 2.17 bits per heavy atom. The number of hydrogen-bond donors (Lipinski definition) is 1. The second-order valence-electron chi connectivity index (χ2n) is 5.58. The molecule has 0 saturated carbocycles. The van der Waals surface area contributed by atoms with E-state index in [0.717, 1.165) is 0 Å². The first-order valence-corrected chi connectivity index (χ1v) is 7.89. The Labute approximate surface area is 148 Å². The Balaban J connectivity index is 0.00000264. The van der Waals surface area contributed by atoms with Crippen molar-refractivity contribution in [2.75, 3.05) is 39.8 Å². The molecule has 1 aliphatic heterocycles. The van der Waals surface area contributed by atoms with E-state index in [1.54, 1.807) is 29.2 Å². The number of rotatable bonds is 4. The van der Waals surface area contributed by atoms with E-state index >= 15 is 0 Å². The van der Waals surface area contributed by atoms with E-state index in [-0.39, 0.29) is 30.1 Å². The Bertz CT molecular complexity index is 529. The Kier molecular flexibility index (Phi) is 7.82. The van der Waals surface area contributed by atoms with Gasteiger partial charge in [-0.2, -0.15) is 0 Å². The molecule has 0 spiro atoms. The predicted molar refractivity (Wildman–Crippen MR) is 94.3 cm³/mol. The zero-order valence-corrected chi connectivity index (χ0v) is 15.0. The van der Waals surface area contributed by atoms with Gasteiger partial charge in [0.25, 0.3) is 5.91 Å². The maximum atomic E-state index is 12.4. The molecule has 0 aromatic heterocycles. The van der Waals surface area contributed by atoms with Crippen molar-refractivity contribution in [3.63, 3.8) is 0 Å². The van der Waals surface area contributed by atoms with E-state index in [2.05, 4.69) is 5.32 Å². The Morgan fingerprint density at radius 1 is 1.13 bits per heavy atom. The number of amides is 2. The summed E-state index contributed by atoms with van der Waals surface area (Å²) in [4.78, 5) is 28.3. The summed E-state index contributed by atoms with van der Waals surface area (Å²) in [6.45, 7) is 4.91. The van der Waals surface area contributed by atoms with E-state index in [4.69, 9.17) is 11.6 Å². The van der Waals surface area contributed by atoms with Crippen molar-refractivity contribution in [1.29, 1.82) is 0 Å². The third kappa shape index (κ3) is 5.09. The zero-order valence-electron chi connectivity index (χ0n) is 13.4. The standard InChI is InChI=1S/C16H22ClN3O2.ClH/c1-12(11-18-2)15(21)19-7-9-20(10-8-19)16(22)13-3-5-14(17)6-4-13;/h3-6,12,18H,7-11H2,1-2H3;1H. The molecule has 128 valence electrons. The highest BCUT2D eigenvalue weighted by molar-refractivity contribution is 6.30. The monoisotopic (exact) mass is 359 g/mol. The van der Waals surface area contributed by atoms with Crippen LogP contribution >= 0.6 is 24.0 Å². The van der Waals surface area contributed by atoms with Gasteiger partial charge in [0.1, 0.15) is 0 Å². The quantitative estimate of drug-likeness (QED) is 0.893. The SMILES string of the molecule is CNCC(C)C(=O)N1CCN(C(=O)c2ccc(Cl)cc2)CC1.Cl. The van der Waals surface area contributed by atoms with E-state index in [1.807, 2.05) is 18.9 Å². The van der Waals surface area contributed by atoms with Crippen LogP contribution in [0.5, 0.6) is 0 Å². The molecule has 7 heteroatoms. The van der Waals surface area contributed by atoms with Crippen molar-refractivity contribution < 1.29 is 9.59 Å². The number of nitrogens with one attached hydrogen (secondary N) is 1. The number of benzene rings is 1. The molecular formula is C16H23Cl2N3O2. The number of hydrogen-bond acceptors (Lipinski definition) is 3. The topological polar surface area (TPSA) is 52.7 Å². The zero-order chi connectivity index (χ0) is 16.1. The number of carbonyl (C=O) groups excluding carboxylic acids is 2. The summed E-state index contributed by atoms with van der Waals surface area (Å²) in [7, 11) is 1.84. The van der Waals surface area contributed by atoms with Crippen LogP contribution in [0.4, 0.5) is 0 Å². The van der Waals surface area contributed by atoms with Crippen LogP contribution in [0.1, 0.15) is 17.3 Å². The van der Waals surface area contributed by atoms with E-state index in [9.17, 15) is 9.59 Å². The second kappa shape index (κ2) is 9.11. The molecule has 23 heavy (non-hydrogen) atoms. The van der Waals surface area contributed by atoms with Crippen molar-refractivity contribution in [1.82, 2.24) is 15.1 Å². The van der Waals surface area contributed by atoms with Gasteiger partial charge in [0.05, 0.1) is 0 Å². The lowest BCUT2D eigenvalue weighted by molar-refractivity contribution is -0.136. The number of carbonyl (C=O) groups is 2. The summed E-state index contributed by atoms with van der Waals surface area (Å²) in [6.07, 6.45) is 0. The van der Waals surface area contributed by atoms with Crippen LogP contribution in [0.15, 0.2) is 24.3 Å². The summed E-state index contributed by atoms with van der Waals surface area (Å²) in [5.41, 5.74) is 0.632. The van der Waals surface area contributed by atoms with Gasteiger partial charge in [-0.15, -0.1) is 12.4 Å². The minimum atomic E-state index is -0.0384. The third-order valence-corrected chi connectivity index (χ3v) is 4.15. The summed E-state index contributed by atoms with van der Waals surface area (Å²) in [6, 6.07) is 6.90. The van der Waals surface area contributed by atoms with Crippen LogP contribution in [0.2, 0.25) is 5.02 Å². The van der Waals surface area contributed by atoms with E-state index in [0.29, 0.717) is 43.3 Å². The fraction of sp³-hybridized carbons (Fsp3) is 0.500. The van der Waals surface area contributed by atoms with Gasteiger partial charge in [-0.25, -0.2) is 0 Å². The molecule has 1 atom stereocenters. The van der Waals surface area contributed by atoms with Crippen LogP contribution in [0, 0.1) is 5.92 Å². The molecule has 0 radical (unpaired) electrons. The Hall–Kier alpha value is -1.30. The minimum Gasteiger partial charge on any atom is -0.339 e. The van der Waals surface area contributed by atoms with Gasteiger partial charge in [-0.3, -0.25) is 9.59 Å². The molecule has 0 bridgehead atoms. The van der Waals surface area contributed by atoms with Crippen LogP contribution in [0.3, 0.4) is 0 Å². The molecule has 1 aromatic rings. The average Bonchev–Trinajstić information content (AvgIpc) is 2.54. The number of halogens is 2. The first-order valence-electron chi connectivity index (χ1n) is 7.51. The summed E-state index contributed by atoms with van der Waals surface area (Å²) < 4.78 is 0. The first kappa shape index (κ1) is 19.7. The highest BCUT2D eigenvalue weighted by atomic mass is 35.5. The minimum absolute atomic E-state index is 0. The van der Waals surface area contributed by atoms with Crippen molar-refractivity contribution in [2.24, 2.45) is 5.92 Å². The van der Waals surface area contributed by atoms with Gasteiger partial charge in [0.15, 0.2) is 0 Å². The molecule has 1 saturated heterocycles. The molecule has 1 aliphatic rings. The molecule has 1 heterocycles. The van der Waals surface area contributed by atoms with Gasteiger partial charge in [0, 0.05) is 49.2 Å². The van der Waals surface area contributed by atoms with Gasteiger partial charge in [0.2, 0.25) is 5.91 Å². The molecule has 2 amide bonds. The van der Waals surface area contributed by atoms with Gasteiger partial charge in [-0.1, -0.05) is 18.5 Å². The van der Waals surface area contributed by atoms with Crippen LogP contribution in [0.25, 0.3) is 0 Å². The maximum absolute atomic E-state index is 12.4. The largest absolute Gasteiger partial charge is 0.339 e. The van der Waals surface area contributed by atoms with Gasteiger partial charge < -0.3 is 15.1 Å². The molecular weight excluding hydrogens is 337 g/mol. The second-order valence-corrected chi connectivity index (χ2v) is 6.02. The molecule has 5 nitrogen and oxygen atoms in total. The van der Waals surface area contributed by atoms with Crippen molar-refractivity contribution in [3.05, 3.63) is 34.9 Å². The fourth-order valence-corrected chi connectivity index (χ4v) is 2.74. The smallest absolute Gasteiger partial charge is 0.253 e. The third-order valence-electron chi connectivity index (χ3n) is 3.90. The van der Waals surface area contributed by atoms with E-state index in [1.165, 1.54) is 0 Å². The lowest BCUT2D eigenvalue weighted by Crippen LogP contribution is -2.52. The lowest BCUT2D eigenvalue weighted by atomic mass is 10.1. The maximum Gasteiger partial charge on any atom is 0.253 e. The Morgan fingerprint density at radius 2 is 1.65 bits per heavy atom. The summed E-state index contributed by atoms with van der Waals surface area (Å²) in [5, 5.41) is 3.63. The van der Waals surface area contributed by atoms with E-state index < -0.39 is 0 Å². The first-order chi connectivity index (χ1) is 10.5. The highest BCUT2D eigenvalue weighted by Gasteiger charge is 2.26. The molecule has 1 aromatic carbocycles. The highest BCUT2D eigenvalue weighted by Crippen LogP contribution is 2.14. The van der Waals surface area contributed by atoms with Crippen molar-refractivity contribution in [2.45, 2.75) is 6.92 Å². The number of nitrogens with zero attached hydrogens (tertiary/aromatic N) is 2. The lowest BCUT2D eigenvalue weighted by Gasteiger charge is -2.36. The summed E-state index contributed by atoms with van der Waals surface area (Å²) >= 11 is 5.84. The fourth-order valence-electron chi connectivity index (χ4n) is 2.61. The summed E-state index contributed by atoms with van der Waals surface area (Å²) in [5.74, 6) is 0.100. The van der Waals surface area contributed by atoms with Crippen LogP contribution in [-0.4, -0.2) is 61.4 Å². The molecule has 2 rings (SSSR count). The molecule has 0 aliphatic carbocycles. The molecule has 1 fully saturated rings. The predicted octanol–water partition coefficient (Wildman–Crippen LogP) is 1.90. The average molecular weight is 360 g/mol. The number of piperazine rings is 1. The van der Waals surface area contributed by atoms with Crippen molar-refractivity contribution >= 4 is 35.8 Å². The molecule has 1 N–H and O–H groups in total. The van der Waals surface area contributed by atoms with Crippen LogP contribution in [-0.2, 0) is 4.79 Å². The molecule has 1 unspecified atom stereocenters. The van der Waals surface area contributed by atoms with Crippen LogP contribution < -0.4 is 5.32 Å². The van der Waals surface area contributed by atoms with Gasteiger partial charge in [-0.05, 0) is 31.3 Å². The normalized spacial score (nSPS) is 15.8.